The van der Waals surface area contributed by atoms with Crippen molar-refractivity contribution in [1.82, 2.24) is 4.90 Å². The predicted octanol–water partition coefficient (Wildman–Crippen LogP) is 3.81. The number of rotatable bonds is 7. The maximum Gasteiger partial charge on any atom is 0.226 e. The van der Waals surface area contributed by atoms with Crippen molar-refractivity contribution in [2.45, 2.75) is 26.8 Å². The molecule has 0 aliphatic heterocycles. The first-order chi connectivity index (χ1) is 10.7. The number of benzene rings is 2. The van der Waals surface area contributed by atoms with Crippen molar-refractivity contribution < 1.29 is 9.53 Å². The van der Waals surface area contributed by atoms with Gasteiger partial charge in [-0.15, -0.1) is 0 Å². The Morgan fingerprint density at radius 2 is 1.86 bits per heavy atom. The maximum atomic E-state index is 12.3. The molecule has 2 aromatic rings. The van der Waals surface area contributed by atoms with E-state index >= 15 is 0 Å². The number of nitrogens with zero attached hydrogens (tertiary/aromatic N) is 1. The molecular formula is C19H23NO2. The zero-order valence-corrected chi connectivity index (χ0v) is 13.3. The van der Waals surface area contributed by atoms with Crippen LogP contribution in [0.15, 0.2) is 54.6 Å². The van der Waals surface area contributed by atoms with Gasteiger partial charge in [-0.05, 0) is 37.1 Å². The number of hydrogen-bond acceptors (Lipinski definition) is 2. The SMILES string of the molecule is CCN(Cc1ccccc1)C(=O)CCOc1cccc(C)c1. The summed E-state index contributed by atoms with van der Waals surface area (Å²) < 4.78 is 5.65. The van der Waals surface area contributed by atoms with E-state index < -0.39 is 0 Å². The predicted molar refractivity (Wildman–Crippen MR) is 88.8 cm³/mol. The monoisotopic (exact) mass is 297 g/mol. The molecule has 0 unspecified atom stereocenters. The van der Waals surface area contributed by atoms with Crippen LogP contribution in [0.3, 0.4) is 0 Å². The molecule has 0 aliphatic carbocycles. The van der Waals surface area contributed by atoms with Crippen molar-refractivity contribution in [3.63, 3.8) is 0 Å². The van der Waals surface area contributed by atoms with Crippen molar-refractivity contribution >= 4 is 5.91 Å². The molecular weight excluding hydrogens is 274 g/mol. The largest absolute Gasteiger partial charge is 0.493 e. The quantitative estimate of drug-likeness (QED) is 0.777. The molecule has 3 nitrogen and oxygen atoms in total. The first kappa shape index (κ1) is 16.1. The van der Waals surface area contributed by atoms with E-state index in [1.807, 2.05) is 73.3 Å². The van der Waals surface area contributed by atoms with Crippen LogP contribution in [-0.2, 0) is 11.3 Å². The van der Waals surface area contributed by atoms with E-state index in [1.165, 1.54) is 0 Å². The third-order valence-corrected chi connectivity index (χ3v) is 3.52. The fraction of sp³-hybridized carbons (Fsp3) is 0.316. The van der Waals surface area contributed by atoms with Gasteiger partial charge in [0.05, 0.1) is 13.0 Å². The normalized spacial score (nSPS) is 10.3. The summed E-state index contributed by atoms with van der Waals surface area (Å²) in [4.78, 5) is 14.1. The summed E-state index contributed by atoms with van der Waals surface area (Å²) in [7, 11) is 0. The lowest BCUT2D eigenvalue weighted by atomic mass is 10.2. The average Bonchev–Trinajstić information content (AvgIpc) is 2.53. The summed E-state index contributed by atoms with van der Waals surface area (Å²) >= 11 is 0. The molecule has 0 radical (unpaired) electrons. The highest BCUT2D eigenvalue weighted by molar-refractivity contribution is 5.76. The van der Waals surface area contributed by atoms with Crippen LogP contribution in [0.4, 0.5) is 0 Å². The number of ether oxygens (including phenoxy) is 1. The zero-order chi connectivity index (χ0) is 15.8. The van der Waals surface area contributed by atoms with Crippen molar-refractivity contribution in [2.24, 2.45) is 0 Å². The Bertz CT molecular complexity index is 595. The van der Waals surface area contributed by atoms with E-state index in [2.05, 4.69) is 0 Å². The smallest absolute Gasteiger partial charge is 0.226 e. The molecule has 0 saturated carbocycles. The molecule has 0 aliphatic rings. The molecule has 0 heterocycles. The van der Waals surface area contributed by atoms with Crippen molar-refractivity contribution in [2.75, 3.05) is 13.2 Å². The summed E-state index contributed by atoms with van der Waals surface area (Å²) in [5.41, 5.74) is 2.31. The second-order valence-electron chi connectivity index (χ2n) is 5.31. The van der Waals surface area contributed by atoms with Gasteiger partial charge < -0.3 is 9.64 Å². The van der Waals surface area contributed by atoms with Gasteiger partial charge in [-0.3, -0.25) is 4.79 Å². The molecule has 2 aromatic carbocycles. The van der Waals surface area contributed by atoms with Gasteiger partial charge in [0, 0.05) is 13.1 Å². The van der Waals surface area contributed by atoms with Gasteiger partial charge in [-0.25, -0.2) is 0 Å². The lowest BCUT2D eigenvalue weighted by Gasteiger charge is -2.21. The highest BCUT2D eigenvalue weighted by Gasteiger charge is 2.12. The highest BCUT2D eigenvalue weighted by atomic mass is 16.5. The molecule has 0 bridgehead atoms. The molecule has 22 heavy (non-hydrogen) atoms. The molecule has 0 spiro atoms. The summed E-state index contributed by atoms with van der Waals surface area (Å²) in [6.07, 6.45) is 0.397. The fourth-order valence-electron chi connectivity index (χ4n) is 2.30. The zero-order valence-electron chi connectivity index (χ0n) is 13.3. The Hall–Kier alpha value is -2.29. The van der Waals surface area contributed by atoms with Crippen LogP contribution in [-0.4, -0.2) is 24.0 Å². The van der Waals surface area contributed by atoms with Crippen molar-refractivity contribution in [3.8, 4) is 5.75 Å². The van der Waals surface area contributed by atoms with Crippen LogP contribution >= 0.6 is 0 Å². The summed E-state index contributed by atoms with van der Waals surface area (Å²) in [5.74, 6) is 0.943. The standard InChI is InChI=1S/C19H23NO2/c1-3-20(15-17-9-5-4-6-10-17)19(21)12-13-22-18-11-7-8-16(2)14-18/h4-11,14H,3,12-13,15H2,1-2H3. The Morgan fingerprint density at radius 3 is 2.55 bits per heavy atom. The van der Waals surface area contributed by atoms with Gasteiger partial charge in [-0.2, -0.15) is 0 Å². The molecule has 0 fully saturated rings. The van der Waals surface area contributed by atoms with Gasteiger partial charge in [-0.1, -0.05) is 42.5 Å². The summed E-state index contributed by atoms with van der Waals surface area (Å²) in [6.45, 7) is 5.80. The van der Waals surface area contributed by atoms with E-state index in [4.69, 9.17) is 4.74 Å². The minimum Gasteiger partial charge on any atom is -0.493 e. The topological polar surface area (TPSA) is 29.5 Å². The van der Waals surface area contributed by atoms with Crippen molar-refractivity contribution in [1.29, 1.82) is 0 Å². The van der Waals surface area contributed by atoms with E-state index in [9.17, 15) is 4.79 Å². The Morgan fingerprint density at radius 1 is 1.09 bits per heavy atom. The van der Waals surface area contributed by atoms with Crippen LogP contribution in [0.2, 0.25) is 0 Å². The second kappa shape index (κ2) is 8.23. The molecule has 0 aromatic heterocycles. The number of carbonyl (C=O) groups is 1. The molecule has 1 amide bonds. The molecule has 0 saturated heterocycles. The maximum absolute atomic E-state index is 12.3. The van der Waals surface area contributed by atoms with Crippen LogP contribution < -0.4 is 4.74 Å². The fourth-order valence-corrected chi connectivity index (χ4v) is 2.30. The number of amides is 1. The van der Waals surface area contributed by atoms with Gasteiger partial charge >= 0.3 is 0 Å². The van der Waals surface area contributed by atoms with Crippen LogP contribution in [0.25, 0.3) is 0 Å². The van der Waals surface area contributed by atoms with Crippen LogP contribution in [0.5, 0.6) is 5.75 Å². The third kappa shape index (κ3) is 4.92. The van der Waals surface area contributed by atoms with E-state index in [1.54, 1.807) is 0 Å². The van der Waals surface area contributed by atoms with Gasteiger partial charge in [0.2, 0.25) is 5.91 Å². The van der Waals surface area contributed by atoms with Gasteiger partial charge in [0.15, 0.2) is 0 Å². The minimum absolute atomic E-state index is 0.124. The number of hydrogen-bond donors (Lipinski definition) is 0. The summed E-state index contributed by atoms with van der Waals surface area (Å²) in [6, 6.07) is 17.9. The number of aryl methyl sites for hydroxylation is 1. The average molecular weight is 297 g/mol. The van der Waals surface area contributed by atoms with E-state index in [-0.39, 0.29) is 5.91 Å². The second-order valence-corrected chi connectivity index (χ2v) is 5.31. The molecule has 2 rings (SSSR count). The Labute approximate surface area is 132 Å². The first-order valence-electron chi connectivity index (χ1n) is 7.70. The molecule has 0 atom stereocenters. The van der Waals surface area contributed by atoms with E-state index in [0.717, 1.165) is 16.9 Å². The minimum atomic E-state index is 0.124. The lowest BCUT2D eigenvalue weighted by Crippen LogP contribution is -2.31. The third-order valence-electron chi connectivity index (χ3n) is 3.52. The Kier molecular flexibility index (Phi) is 6.01. The van der Waals surface area contributed by atoms with Crippen LogP contribution in [0, 0.1) is 6.92 Å². The highest BCUT2D eigenvalue weighted by Crippen LogP contribution is 2.13. The molecule has 0 N–H and O–H groups in total. The number of carbonyl (C=O) groups excluding carboxylic acids is 1. The van der Waals surface area contributed by atoms with Gasteiger partial charge in [0.25, 0.3) is 0 Å². The Balaban J connectivity index is 1.82. The van der Waals surface area contributed by atoms with E-state index in [0.29, 0.717) is 26.1 Å². The molecule has 3 heteroatoms. The molecule has 116 valence electrons. The lowest BCUT2D eigenvalue weighted by molar-refractivity contribution is -0.132. The summed E-state index contributed by atoms with van der Waals surface area (Å²) in [5, 5.41) is 0. The van der Waals surface area contributed by atoms with Crippen molar-refractivity contribution in [3.05, 3.63) is 65.7 Å². The van der Waals surface area contributed by atoms with Crippen LogP contribution in [0.1, 0.15) is 24.5 Å². The first-order valence-corrected chi connectivity index (χ1v) is 7.70. The van der Waals surface area contributed by atoms with Gasteiger partial charge in [0.1, 0.15) is 5.75 Å².